The fourth-order valence-corrected chi connectivity index (χ4v) is 2.35. The second-order valence-corrected chi connectivity index (χ2v) is 5.22. The lowest BCUT2D eigenvalue weighted by Crippen LogP contribution is -2.39. The summed E-state index contributed by atoms with van der Waals surface area (Å²) in [4.78, 5) is 0. The molecule has 4 nitrogen and oxygen atoms in total. The molecule has 2 aromatic carbocycles. The highest BCUT2D eigenvalue weighted by atomic mass is 16.6. The molecular formula is C17H19NO3. The molecule has 0 aliphatic carbocycles. The number of phenols is 1. The molecule has 2 N–H and O–H groups in total. The number of fused-ring (bicyclic) bond motifs is 1. The Morgan fingerprint density at radius 2 is 1.86 bits per heavy atom. The summed E-state index contributed by atoms with van der Waals surface area (Å²) >= 11 is 0. The number of rotatable bonds is 4. The van der Waals surface area contributed by atoms with E-state index in [0.29, 0.717) is 13.2 Å². The highest BCUT2D eigenvalue weighted by Gasteiger charge is 2.20. The molecule has 2 unspecified atom stereocenters. The largest absolute Gasteiger partial charge is 0.508 e. The molecule has 0 amide bonds. The summed E-state index contributed by atoms with van der Waals surface area (Å²) < 4.78 is 11.6. The summed E-state index contributed by atoms with van der Waals surface area (Å²) in [6.45, 7) is 3.34. The fourth-order valence-electron chi connectivity index (χ4n) is 2.35. The lowest BCUT2D eigenvalue weighted by atomic mass is 10.1. The Labute approximate surface area is 124 Å². The van der Waals surface area contributed by atoms with Gasteiger partial charge in [-0.15, -0.1) is 0 Å². The number of ether oxygens (including phenoxy) is 2. The first-order chi connectivity index (χ1) is 10.2. The molecule has 0 spiro atoms. The maximum Gasteiger partial charge on any atom is 0.161 e. The molecule has 0 saturated heterocycles. The quantitative estimate of drug-likeness (QED) is 0.907. The summed E-state index contributed by atoms with van der Waals surface area (Å²) in [5.41, 5.74) is 1.13. The van der Waals surface area contributed by atoms with E-state index < -0.39 is 0 Å². The summed E-state index contributed by atoms with van der Waals surface area (Å²) in [6, 6.07) is 15.1. The van der Waals surface area contributed by atoms with Crippen molar-refractivity contribution in [1.29, 1.82) is 0 Å². The molecule has 1 heterocycles. The van der Waals surface area contributed by atoms with Crippen LogP contribution in [0.1, 0.15) is 18.5 Å². The summed E-state index contributed by atoms with van der Waals surface area (Å²) in [7, 11) is 0. The Morgan fingerprint density at radius 1 is 1.14 bits per heavy atom. The minimum atomic E-state index is -0.000495. The van der Waals surface area contributed by atoms with E-state index in [-0.39, 0.29) is 17.9 Å². The Hall–Kier alpha value is -2.20. The first-order valence-electron chi connectivity index (χ1n) is 7.13. The highest BCUT2D eigenvalue weighted by Crippen LogP contribution is 2.30. The van der Waals surface area contributed by atoms with Crippen molar-refractivity contribution in [2.45, 2.75) is 19.1 Å². The maximum absolute atomic E-state index is 9.31. The molecule has 2 aromatic rings. The molecule has 2 atom stereocenters. The first kappa shape index (κ1) is 13.8. The van der Waals surface area contributed by atoms with E-state index in [4.69, 9.17) is 9.47 Å². The molecule has 110 valence electrons. The molecule has 1 aliphatic heterocycles. The summed E-state index contributed by atoms with van der Waals surface area (Å²) in [6.07, 6.45) is -0.000495. The van der Waals surface area contributed by atoms with Crippen LogP contribution in [0.5, 0.6) is 17.2 Å². The van der Waals surface area contributed by atoms with Gasteiger partial charge < -0.3 is 19.9 Å². The fraction of sp³-hybridized carbons (Fsp3) is 0.294. The van der Waals surface area contributed by atoms with Crippen LogP contribution >= 0.6 is 0 Å². The van der Waals surface area contributed by atoms with E-state index in [9.17, 15) is 5.11 Å². The Bertz CT molecular complexity index is 597. The number of phenolic OH excluding ortho intramolecular Hbond substituents is 1. The average Bonchev–Trinajstić information content (AvgIpc) is 2.53. The zero-order valence-corrected chi connectivity index (χ0v) is 12.0. The van der Waals surface area contributed by atoms with Crippen LogP contribution in [0.2, 0.25) is 0 Å². The average molecular weight is 285 g/mol. The minimum absolute atomic E-state index is 0.000495. The zero-order chi connectivity index (χ0) is 14.7. The molecule has 0 aromatic heterocycles. The van der Waals surface area contributed by atoms with Gasteiger partial charge in [-0.25, -0.2) is 0 Å². The van der Waals surface area contributed by atoms with Gasteiger partial charge in [0, 0.05) is 12.6 Å². The molecule has 0 bridgehead atoms. The number of para-hydroxylation sites is 2. The van der Waals surface area contributed by atoms with Gasteiger partial charge in [0.05, 0.1) is 0 Å². The van der Waals surface area contributed by atoms with E-state index >= 15 is 0 Å². The van der Waals surface area contributed by atoms with Crippen LogP contribution < -0.4 is 14.8 Å². The van der Waals surface area contributed by atoms with Crippen LogP contribution in [-0.2, 0) is 0 Å². The normalized spacial score (nSPS) is 18.2. The van der Waals surface area contributed by atoms with Crippen molar-refractivity contribution in [2.75, 3.05) is 13.2 Å². The monoisotopic (exact) mass is 285 g/mol. The van der Waals surface area contributed by atoms with Gasteiger partial charge in [0.15, 0.2) is 11.5 Å². The smallest absolute Gasteiger partial charge is 0.161 e. The van der Waals surface area contributed by atoms with Crippen LogP contribution in [0.25, 0.3) is 0 Å². The topological polar surface area (TPSA) is 50.7 Å². The van der Waals surface area contributed by atoms with E-state index in [1.54, 1.807) is 12.1 Å². The van der Waals surface area contributed by atoms with Gasteiger partial charge in [0.1, 0.15) is 18.5 Å². The Kier molecular flexibility index (Phi) is 3.97. The number of hydrogen-bond acceptors (Lipinski definition) is 4. The van der Waals surface area contributed by atoms with E-state index in [0.717, 1.165) is 17.1 Å². The standard InChI is InChI=1S/C17H19NO3/c1-12(13-6-8-14(19)9-7-13)18-10-15-11-20-16-4-2-3-5-17(16)21-15/h2-9,12,15,18-19H,10-11H2,1H3. The molecule has 0 fully saturated rings. The molecule has 1 aliphatic rings. The predicted molar refractivity (Wildman–Crippen MR) is 80.9 cm³/mol. The van der Waals surface area contributed by atoms with Crippen molar-refractivity contribution < 1.29 is 14.6 Å². The van der Waals surface area contributed by atoms with Gasteiger partial charge >= 0.3 is 0 Å². The molecule has 4 heteroatoms. The Balaban J connectivity index is 1.55. The van der Waals surface area contributed by atoms with E-state index in [1.807, 2.05) is 36.4 Å². The van der Waals surface area contributed by atoms with Crippen molar-refractivity contribution in [2.24, 2.45) is 0 Å². The van der Waals surface area contributed by atoms with Crippen molar-refractivity contribution in [3.8, 4) is 17.2 Å². The second-order valence-electron chi connectivity index (χ2n) is 5.22. The lowest BCUT2D eigenvalue weighted by molar-refractivity contribution is 0.0886. The Morgan fingerprint density at radius 3 is 2.62 bits per heavy atom. The molecule has 21 heavy (non-hydrogen) atoms. The van der Waals surface area contributed by atoms with Crippen LogP contribution in [0.3, 0.4) is 0 Å². The number of benzene rings is 2. The first-order valence-corrected chi connectivity index (χ1v) is 7.13. The van der Waals surface area contributed by atoms with Crippen LogP contribution in [0, 0.1) is 0 Å². The third kappa shape index (κ3) is 3.28. The minimum Gasteiger partial charge on any atom is -0.508 e. The number of aromatic hydroxyl groups is 1. The van der Waals surface area contributed by atoms with Crippen molar-refractivity contribution in [1.82, 2.24) is 5.32 Å². The molecule has 0 saturated carbocycles. The van der Waals surface area contributed by atoms with Gasteiger partial charge in [-0.05, 0) is 36.8 Å². The molecular weight excluding hydrogens is 266 g/mol. The second kappa shape index (κ2) is 6.06. The van der Waals surface area contributed by atoms with E-state index in [1.165, 1.54) is 0 Å². The predicted octanol–water partition coefficient (Wildman–Crippen LogP) is 2.88. The van der Waals surface area contributed by atoms with E-state index in [2.05, 4.69) is 12.2 Å². The maximum atomic E-state index is 9.31. The van der Waals surface area contributed by atoms with Gasteiger partial charge in [0.2, 0.25) is 0 Å². The third-order valence-corrected chi connectivity index (χ3v) is 3.61. The zero-order valence-electron chi connectivity index (χ0n) is 12.0. The lowest BCUT2D eigenvalue weighted by Gasteiger charge is -2.27. The summed E-state index contributed by atoms with van der Waals surface area (Å²) in [5.74, 6) is 1.89. The van der Waals surface area contributed by atoms with Crippen LogP contribution in [0.15, 0.2) is 48.5 Å². The van der Waals surface area contributed by atoms with Gasteiger partial charge in [-0.1, -0.05) is 24.3 Å². The third-order valence-electron chi connectivity index (χ3n) is 3.61. The number of nitrogens with one attached hydrogen (secondary N) is 1. The summed E-state index contributed by atoms with van der Waals surface area (Å²) in [5, 5.41) is 12.7. The highest BCUT2D eigenvalue weighted by molar-refractivity contribution is 5.40. The van der Waals surface area contributed by atoms with Gasteiger partial charge in [-0.2, -0.15) is 0 Å². The van der Waals surface area contributed by atoms with Gasteiger partial charge in [-0.3, -0.25) is 0 Å². The van der Waals surface area contributed by atoms with Gasteiger partial charge in [0.25, 0.3) is 0 Å². The van der Waals surface area contributed by atoms with Crippen molar-refractivity contribution in [3.05, 3.63) is 54.1 Å². The van der Waals surface area contributed by atoms with Crippen molar-refractivity contribution >= 4 is 0 Å². The van der Waals surface area contributed by atoms with Crippen molar-refractivity contribution in [3.63, 3.8) is 0 Å². The van der Waals surface area contributed by atoms with Crippen LogP contribution in [0.4, 0.5) is 0 Å². The molecule has 3 rings (SSSR count). The molecule has 0 radical (unpaired) electrons. The van der Waals surface area contributed by atoms with Crippen LogP contribution in [-0.4, -0.2) is 24.4 Å². The number of hydrogen-bond donors (Lipinski definition) is 2. The SMILES string of the molecule is CC(NCC1COc2ccccc2O1)c1ccc(O)cc1.